The van der Waals surface area contributed by atoms with Gasteiger partial charge in [0.25, 0.3) is 0 Å². The van der Waals surface area contributed by atoms with Gasteiger partial charge >= 0.3 is 6.18 Å². The van der Waals surface area contributed by atoms with Gasteiger partial charge in [-0.2, -0.15) is 23.3 Å². The van der Waals surface area contributed by atoms with Crippen molar-refractivity contribution in [3.05, 3.63) is 52.7 Å². The summed E-state index contributed by atoms with van der Waals surface area (Å²) in [6.45, 7) is 5.84. The number of pyridine rings is 1. The van der Waals surface area contributed by atoms with E-state index in [2.05, 4.69) is 30.7 Å². The maximum Gasteiger partial charge on any atom is 0.433 e. The van der Waals surface area contributed by atoms with Gasteiger partial charge in [-0.3, -0.25) is 9.48 Å². The van der Waals surface area contributed by atoms with Crippen LogP contribution in [0.1, 0.15) is 35.1 Å². The maximum atomic E-state index is 12.8. The van der Waals surface area contributed by atoms with Gasteiger partial charge in [0.1, 0.15) is 17.4 Å². The Morgan fingerprint density at radius 2 is 1.91 bits per heavy atom. The SMILES string of the molecule is Cc1nc(C(F)(F)F)ccc1Cn1cc(CNc2nc(C)c3c(n2)N(C)[C@@H](C)C(=O)N3)cn1. The summed E-state index contributed by atoms with van der Waals surface area (Å²) in [6.07, 6.45) is -1.01. The van der Waals surface area contributed by atoms with Crippen molar-refractivity contribution in [2.75, 3.05) is 22.6 Å². The molecule has 0 spiro atoms. The largest absolute Gasteiger partial charge is 0.433 e. The number of anilines is 3. The number of carbonyl (C=O) groups excluding carboxylic acids is 1. The first-order valence-electron chi connectivity index (χ1n) is 10.2. The first-order chi connectivity index (χ1) is 15.5. The van der Waals surface area contributed by atoms with Crippen LogP contribution in [0.3, 0.4) is 0 Å². The summed E-state index contributed by atoms with van der Waals surface area (Å²) in [5.41, 5.74) is 2.15. The summed E-state index contributed by atoms with van der Waals surface area (Å²) in [4.78, 5) is 26.4. The molecule has 1 atom stereocenters. The molecular formula is C21H23F3N8O. The minimum absolute atomic E-state index is 0.108. The first-order valence-corrected chi connectivity index (χ1v) is 10.2. The van der Waals surface area contributed by atoms with Crippen LogP contribution >= 0.6 is 0 Å². The quantitative estimate of drug-likeness (QED) is 0.603. The lowest BCUT2D eigenvalue weighted by Crippen LogP contribution is -2.44. The number of hydrogen-bond donors (Lipinski definition) is 2. The number of amides is 1. The number of aryl methyl sites for hydroxylation is 2. The zero-order valence-electron chi connectivity index (χ0n) is 18.5. The fourth-order valence-corrected chi connectivity index (χ4v) is 3.48. The molecule has 174 valence electrons. The van der Waals surface area contributed by atoms with E-state index in [4.69, 9.17) is 0 Å². The van der Waals surface area contributed by atoms with Crippen LogP contribution in [-0.4, -0.2) is 43.7 Å². The Labute approximate surface area is 188 Å². The molecule has 1 amide bonds. The Morgan fingerprint density at radius 1 is 1.15 bits per heavy atom. The van der Waals surface area contributed by atoms with Gasteiger partial charge < -0.3 is 15.5 Å². The van der Waals surface area contributed by atoms with E-state index < -0.39 is 11.9 Å². The number of nitrogens with one attached hydrogen (secondary N) is 2. The van der Waals surface area contributed by atoms with Gasteiger partial charge in [-0.15, -0.1) is 0 Å². The number of hydrogen-bond acceptors (Lipinski definition) is 7. The molecule has 4 rings (SSSR count). The van der Waals surface area contributed by atoms with E-state index in [1.54, 1.807) is 49.8 Å². The van der Waals surface area contributed by atoms with Gasteiger partial charge in [0.2, 0.25) is 11.9 Å². The van der Waals surface area contributed by atoms with E-state index in [9.17, 15) is 18.0 Å². The fraction of sp³-hybridized carbons (Fsp3) is 0.381. The smallest absolute Gasteiger partial charge is 0.350 e. The van der Waals surface area contributed by atoms with E-state index in [1.807, 2.05) is 0 Å². The molecule has 0 aromatic carbocycles. The van der Waals surface area contributed by atoms with Crippen LogP contribution in [0.25, 0.3) is 0 Å². The molecule has 0 bridgehead atoms. The number of alkyl halides is 3. The van der Waals surface area contributed by atoms with Gasteiger partial charge in [0.15, 0.2) is 5.82 Å². The number of aromatic nitrogens is 5. The summed E-state index contributed by atoms with van der Waals surface area (Å²) >= 11 is 0. The molecule has 2 N–H and O–H groups in total. The lowest BCUT2D eigenvalue weighted by atomic mass is 10.2. The van der Waals surface area contributed by atoms with Crippen molar-refractivity contribution in [2.24, 2.45) is 0 Å². The van der Waals surface area contributed by atoms with Crippen LogP contribution in [-0.2, 0) is 24.1 Å². The van der Waals surface area contributed by atoms with Crippen LogP contribution in [0.4, 0.5) is 30.6 Å². The molecule has 0 fully saturated rings. The van der Waals surface area contributed by atoms with Gasteiger partial charge in [0.05, 0.1) is 18.4 Å². The highest BCUT2D eigenvalue weighted by Crippen LogP contribution is 2.32. The molecular weight excluding hydrogens is 437 g/mol. The van der Waals surface area contributed by atoms with Crippen LogP contribution in [0.2, 0.25) is 0 Å². The molecule has 9 nitrogen and oxygen atoms in total. The molecule has 0 unspecified atom stereocenters. The Bertz CT molecular complexity index is 1210. The van der Waals surface area contributed by atoms with Crippen molar-refractivity contribution < 1.29 is 18.0 Å². The van der Waals surface area contributed by atoms with Crippen molar-refractivity contribution in [2.45, 2.75) is 46.1 Å². The molecule has 3 aromatic heterocycles. The summed E-state index contributed by atoms with van der Waals surface area (Å²) < 4.78 is 40.1. The highest BCUT2D eigenvalue weighted by molar-refractivity contribution is 6.03. The van der Waals surface area contributed by atoms with Gasteiger partial charge in [-0.1, -0.05) is 6.07 Å². The molecule has 1 aliphatic heterocycles. The molecule has 0 radical (unpaired) electrons. The average Bonchev–Trinajstić information content (AvgIpc) is 3.19. The summed E-state index contributed by atoms with van der Waals surface area (Å²) in [6, 6.07) is 2.05. The molecule has 1 aliphatic rings. The number of likely N-dealkylation sites (N-methyl/N-ethyl adjacent to an activating group) is 1. The third kappa shape index (κ3) is 4.59. The molecule has 0 saturated carbocycles. The highest BCUT2D eigenvalue weighted by Gasteiger charge is 2.33. The number of rotatable bonds is 5. The lowest BCUT2D eigenvalue weighted by molar-refractivity contribution is -0.141. The van der Waals surface area contributed by atoms with Gasteiger partial charge in [-0.05, 0) is 32.4 Å². The standard InChI is InChI=1S/C21H23F3N8O/c1-11-15(5-6-16(27-11)21(22,23)24)10-32-9-14(8-26-32)7-25-20-28-12(2)17-18(30-20)31(4)13(3)19(33)29-17/h5-6,8-9,13H,7,10H2,1-4H3,(H,29,33)(H,25,28,30)/t13-/m0/s1. The summed E-state index contributed by atoms with van der Waals surface area (Å²) in [7, 11) is 1.81. The van der Waals surface area contributed by atoms with Crippen LogP contribution in [0, 0.1) is 13.8 Å². The Kier molecular flexibility index (Phi) is 5.68. The lowest BCUT2D eigenvalue weighted by Gasteiger charge is -2.32. The molecule has 33 heavy (non-hydrogen) atoms. The van der Waals surface area contributed by atoms with E-state index in [0.717, 1.165) is 11.6 Å². The number of nitrogens with zero attached hydrogens (tertiary/aromatic N) is 6. The van der Waals surface area contributed by atoms with Crippen LogP contribution < -0.4 is 15.5 Å². The van der Waals surface area contributed by atoms with Crippen LogP contribution in [0.15, 0.2) is 24.5 Å². The topological polar surface area (TPSA) is 101 Å². The van der Waals surface area contributed by atoms with Crippen molar-refractivity contribution in [1.29, 1.82) is 0 Å². The Morgan fingerprint density at radius 3 is 2.61 bits per heavy atom. The van der Waals surface area contributed by atoms with Crippen molar-refractivity contribution in [3.8, 4) is 0 Å². The first kappa shape index (κ1) is 22.5. The third-order valence-electron chi connectivity index (χ3n) is 5.57. The minimum Gasteiger partial charge on any atom is -0.350 e. The van der Waals surface area contributed by atoms with E-state index >= 15 is 0 Å². The molecule has 0 saturated heterocycles. The Hall–Kier alpha value is -3.70. The van der Waals surface area contributed by atoms with E-state index in [-0.39, 0.29) is 11.9 Å². The normalized spacial score (nSPS) is 15.9. The van der Waals surface area contributed by atoms with Crippen molar-refractivity contribution in [1.82, 2.24) is 24.7 Å². The van der Waals surface area contributed by atoms with E-state index in [1.165, 1.54) is 6.07 Å². The summed E-state index contributed by atoms with van der Waals surface area (Å²) in [5.74, 6) is 0.943. The fourth-order valence-electron chi connectivity index (χ4n) is 3.48. The summed E-state index contributed by atoms with van der Waals surface area (Å²) in [5, 5.41) is 10.3. The predicted molar refractivity (Wildman–Crippen MR) is 116 cm³/mol. The molecule has 12 heteroatoms. The number of fused-ring (bicyclic) bond motifs is 1. The van der Waals surface area contributed by atoms with Crippen molar-refractivity contribution in [3.63, 3.8) is 0 Å². The highest BCUT2D eigenvalue weighted by atomic mass is 19.4. The van der Waals surface area contributed by atoms with Gasteiger partial charge in [0, 0.05) is 31.0 Å². The molecule has 0 aliphatic carbocycles. The van der Waals surface area contributed by atoms with Crippen LogP contribution in [0.5, 0.6) is 0 Å². The van der Waals surface area contributed by atoms with Crippen molar-refractivity contribution >= 4 is 23.4 Å². The second kappa shape index (κ2) is 8.34. The monoisotopic (exact) mass is 460 g/mol. The zero-order valence-corrected chi connectivity index (χ0v) is 18.5. The Balaban J connectivity index is 1.44. The predicted octanol–water partition coefficient (Wildman–Crippen LogP) is 3.14. The van der Waals surface area contributed by atoms with Gasteiger partial charge in [-0.25, -0.2) is 9.97 Å². The molecule has 4 heterocycles. The number of carbonyl (C=O) groups is 1. The minimum atomic E-state index is -4.47. The molecule has 3 aromatic rings. The second-order valence-corrected chi connectivity index (χ2v) is 7.95. The third-order valence-corrected chi connectivity index (χ3v) is 5.57. The zero-order chi connectivity index (χ0) is 23.9. The second-order valence-electron chi connectivity index (χ2n) is 7.95. The van der Waals surface area contributed by atoms with E-state index in [0.29, 0.717) is 47.5 Å². The number of halogens is 3. The maximum absolute atomic E-state index is 12.8. The average molecular weight is 460 g/mol.